The Labute approximate surface area is 122 Å². The van der Waals surface area contributed by atoms with E-state index in [0.717, 1.165) is 29.9 Å². The van der Waals surface area contributed by atoms with Crippen molar-refractivity contribution in [2.45, 2.75) is 38.1 Å². The third kappa shape index (κ3) is 3.04. The molecule has 3 nitrogen and oxygen atoms in total. The summed E-state index contributed by atoms with van der Waals surface area (Å²) < 4.78 is 0. The molecule has 3 heterocycles. The predicted molar refractivity (Wildman–Crippen MR) is 84.8 cm³/mol. The van der Waals surface area contributed by atoms with Gasteiger partial charge in [-0.1, -0.05) is 19.1 Å². The van der Waals surface area contributed by atoms with Crippen LogP contribution in [-0.4, -0.2) is 35.6 Å². The first-order valence-electron chi connectivity index (χ1n) is 7.93. The van der Waals surface area contributed by atoms with E-state index in [1.165, 1.54) is 45.2 Å². The van der Waals surface area contributed by atoms with Crippen molar-refractivity contribution in [1.29, 1.82) is 0 Å². The van der Waals surface area contributed by atoms with Crippen LogP contribution >= 0.6 is 0 Å². The fourth-order valence-electron chi connectivity index (χ4n) is 3.68. The Kier molecular flexibility index (Phi) is 4.36. The zero-order valence-electron chi connectivity index (χ0n) is 12.2. The molecule has 0 aromatic carbocycles. The smallest absolute Gasteiger partial charge is 0.125 e. The minimum absolute atomic E-state index is 0.782. The number of nitrogens with one attached hydrogen (secondary N) is 1. The number of nitrogens with zero attached hydrogens (tertiary/aromatic N) is 2. The molecule has 0 amide bonds. The van der Waals surface area contributed by atoms with Crippen molar-refractivity contribution in [2.24, 2.45) is 5.92 Å². The topological polar surface area (TPSA) is 28.2 Å². The van der Waals surface area contributed by atoms with Crippen molar-refractivity contribution in [3.8, 4) is 0 Å². The fraction of sp³-hybridized carbons (Fsp3) is 0.588. The second-order valence-corrected chi connectivity index (χ2v) is 6.06. The molecular formula is C17H25N3. The van der Waals surface area contributed by atoms with Gasteiger partial charge in [0.15, 0.2) is 0 Å². The van der Waals surface area contributed by atoms with Crippen molar-refractivity contribution in [3.63, 3.8) is 0 Å². The van der Waals surface area contributed by atoms with Gasteiger partial charge in [0.05, 0.1) is 0 Å². The van der Waals surface area contributed by atoms with Crippen LogP contribution in [0, 0.1) is 5.92 Å². The first-order chi connectivity index (χ1) is 9.86. The molecule has 20 heavy (non-hydrogen) atoms. The number of piperidine rings is 2. The molecule has 2 fully saturated rings. The molecule has 0 radical (unpaired) electrons. The summed E-state index contributed by atoms with van der Waals surface area (Å²) >= 11 is 0. The molecule has 108 valence electrons. The van der Waals surface area contributed by atoms with Gasteiger partial charge in [-0.05, 0) is 62.4 Å². The summed E-state index contributed by atoms with van der Waals surface area (Å²) in [7, 11) is 0. The summed E-state index contributed by atoms with van der Waals surface area (Å²) in [4.78, 5) is 7.16. The van der Waals surface area contributed by atoms with Crippen LogP contribution in [-0.2, 0) is 0 Å². The van der Waals surface area contributed by atoms with Crippen LogP contribution in [0.2, 0.25) is 0 Å². The Morgan fingerprint density at radius 3 is 2.95 bits per heavy atom. The first kappa shape index (κ1) is 13.6. The fourth-order valence-corrected chi connectivity index (χ4v) is 3.68. The second kappa shape index (κ2) is 6.40. The maximum Gasteiger partial charge on any atom is 0.125 e. The standard InChI is InChI=1S/C17H25N3/c1-2-14-8-9-17(18-12-14)19-13-15-6-5-11-20-10-4-3-7-16(15)20/h2,8-9,12,15-16H,1,3-7,10-11,13H2,(H,18,19)/t15-,16+/m0/s1. The molecule has 1 N–H and O–H groups in total. The van der Waals surface area contributed by atoms with E-state index < -0.39 is 0 Å². The number of hydrogen-bond donors (Lipinski definition) is 1. The summed E-state index contributed by atoms with van der Waals surface area (Å²) in [5.74, 6) is 1.77. The average Bonchev–Trinajstić information content (AvgIpc) is 2.53. The molecule has 3 rings (SSSR count). The molecule has 1 aromatic rings. The Hall–Kier alpha value is -1.35. The molecule has 2 aliphatic heterocycles. The van der Waals surface area contributed by atoms with E-state index in [-0.39, 0.29) is 0 Å². The Bertz CT molecular complexity index is 438. The van der Waals surface area contributed by atoms with Gasteiger partial charge in [-0.15, -0.1) is 0 Å². The van der Waals surface area contributed by atoms with Gasteiger partial charge in [0.2, 0.25) is 0 Å². The first-order valence-corrected chi connectivity index (χ1v) is 7.93. The van der Waals surface area contributed by atoms with Gasteiger partial charge in [-0.2, -0.15) is 0 Å². The molecule has 0 saturated carbocycles. The van der Waals surface area contributed by atoms with Crippen LogP contribution in [0.3, 0.4) is 0 Å². The number of anilines is 1. The summed E-state index contributed by atoms with van der Waals surface area (Å²) in [5.41, 5.74) is 1.08. The van der Waals surface area contributed by atoms with E-state index in [4.69, 9.17) is 0 Å². The van der Waals surface area contributed by atoms with Crippen molar-refractivity contribution in [1.82, 2.24) is 9.88 Å². The highest BCUT2D eigenvalue weighted by Crippen LogP contribution is 2.30. The molecule has 0 unspecified atom stereocenters. The van der Waals surface area contributed by atoms with E-state index >= 15 is 0 Å². The molecule has 2 saturated heterocycles. The third-order valence-corrected chi connectivity index (χ3v) is 4.80. The number of aromatic nitrogens is 1. The minimum atomic E-state index is 0.782. The van der Waals surface area contributed by atoms with E-state index in [0.29, 0.717) is 0 Å². The van der Waals surface area contributed by atoms with Gasteiger partial charge in [0, 0.05) is 18.8 Å². The molecule has 0 spiro atoms. The molecule has 2 atom stereocenters. The lowest BCUT2D eigenvalue weighted by Gasteiger charge is -2.44. The summed E-state index contributed by atoms with van der Waals surface area (Å²) in [6, 6.07) is 4.92. The molecule has 3 heteroatoms. The largest absolute Gasteiger partial charge is 0.370 e. The Morgan fingerprint density at radius 1 is 1.25 bits per heavy atom. The van der Waals surface area contributed by atoms with Crippen LogP contribution in [0.15, 0.2) is 24.9 Å². The van der Waals surface area contributed by atoms with Gasteiger partial charge in [0.1, 0.15) is 5.82 Å². The van der Waals surface area contributed by atoms with Crippen LogP contribution < -0.4 is 5.32 Å². The molecule has 0 bridgehead atoms. The average molecular weight is 271 g/mol. The number of hydrogen-bond acceptors (Lipinski definition) is 3. The van der Waals surface area contributed by atoms with E-state index in [2.05, 4.69) is 33.9 Å². The van der Waals surface area contributed by atoms with E-state index in [1.54, 1.807) is 0 Å². The molecular weight excluding hydrogens is 246 g/mol. The van der Waals surface area contributed by atoms with Gasteiger partial charge in [0.25, 0.3) is 0 Å². The van der Waals surface area contributed by atoms with Crippen LogP contribution in [0.1, 0.15) is 37.7 Å². The normalized spacial score (nSPS) is 26.8. The summed E-state index contributed by atoms with van der Waals surface area (Å²) in [6.45, 7) is 7.44. The zero-order chi connectivity index (χ0) is 13.8. The monoisotopic (exact) mass is 271 g/mol. The highest BCUT2D eigenvalue weighted by Gasteiger charge is 2.32. The van der Waals surface area contributed by atoms with Crippen molar-refractivity contribution < 1.29 is 0 Å². The third-order valence-electron chi connectivity index (χ3n) is 4.80. The number of pyridine rings is 1. The molecule has 1 aromatic heterocycles. The SMILES string of the molecule is C=Cc1ccc(NC[C@@H]2CCCN3CCCC[C@H]23)nc1. The van der Waals surface area contributed by atoms with E-state index in [1.807, 2.05) is 12.3 Å². The lowest BCUT2D eigenvalue weighted by molar-refractivity contribution is 0.0649. The predicted octanol–water partition coefficient (Wildman–Crippen LogP) is 3.40. The summed E-state index contributed by atoms with van der Waals surface area (Å²) in [5, 5.41) is 3.53. The number of fused-ring (bicyclic) bond motifs is 1. The zero-order valence-corrected chi connectivity index (χ0v) is 12.2. The van der Waals surface area contributed by atoms with Crippen LogP contribution in [0.4, 0.5) is 5.82 Å². The number of rotatable bonds is 4. The van der Waals surface area contributed by atoms with Crippen molar-refractivity contribution >= 4 is 11.9 Å². The maximum absolute atomic E-state index is 4.44. The maximum atomic E-state index is 4.44. The van der Waals surface area contributed by atoms with Crippen LogP contribution in [0.5, 0.6) is 0 Å². The highest BCUT2D eigenvalue weighted by molar-refractivity contribution is 5.48. The Balaban J connectivity index is 1.57. The van der Waals surface area contributed by atoms with Crippen molar-refractivity contribution in [3.05, 3.63) is 30.5 Å². The minimum Gasteiger partial charge on any atom is -0.370 e. The van der Waals surface area contributed by atoms with Crippen LogP contribution in [0.25, 0.3) is 6.08 Å². The van der Waals surface area contributed by atoms with Gasteiger partial charge >= 0.3 is 0 Å². The quantitative estimate of drug-likeness (QED) is 0.909. The summed E-state index contributed by atoms with van der Waals surface area (Å²) in [6.07, 6.45) is 10.6. The van der Waals surface area contributed by atoms with E-state index in [9.17, 15) is 0 Å². The highest BCUT2D eigenvalue weighted by atomic mass is 15.2. The van der Waals surface area contributed by atoms with Gasteiger partial charge < -0.3 is 10.2 Å². The Morgan fingerprint density at radius 2 is 2.15 bits per heavy atom. The lowest BCUT2D eigenvalue weighted by atomic mass is 9.83. The second-order valence-electron chi connectivity index (χ2n) is 6.06. The lowest BCUT2D eigenvalue weighted by Crippen LogP contribution is -2.49. The molecule has 0 aliphatic carbocycles. The molecule has 2 aliphatic rings. The van der Waals surface area contributed by atoms with Crippen molar-refractivity contribution in [2.75, 3.05) is 25.0 Å². The van der Waals surface area contributed by atoms with Gasteiger partial charge in [-0.25, -0.2) is 4.98 Å². The van der Waals surface area contributed by atoms with Gasteiger partial charge in [-0.3, -0.25) is 0 Å².